The van der Waals surface area contributed by atoms with Crippen molar-refractivity contribution in [2.75, 3.05) is 13.2 Å². The van der Waals surface area contributed by atoms with E-state index >= 15 is 0 Å². The molecule has 2 aliphatic carbocycles. The average Bonchev–Trinajstić information content (AvgIpc) is 2.38. The Morgan fingerprint density at radius 2 is 1.88 bits per heavy atom. The normalized spacial score (nSPS) is 33.1. The molecule has 0 N–H and O–H groups in total. The van der Waals surface area contributed by atoms with Crippen molar-refractivity contribution in [1.82, 2.24) is 0 Å². The molecule has 2 nitrogen and oxygen atoms in total. The van der Waals surface area contributed by atoms with Crippen molar-refractivity contribution in [3.8, 4) is 0 Å². The van der Waals surface area contributed by atoms with Gasteiger partial charge < -0.3 is 4.74 Å². The molecule has 3 unspecified atom stereocenters. The van der Waals surface area contributed by atoms with Gasteiger partial charge in [-0.15, -0.1) is 0 Å². The van der Waals surface area contributed by atoms with Gasteiger partial charge in [-0.05, 0) is 37.5 Å². The maximum absolute atomic E-state index is 12.0. The molecule has 0 radical (unpaired) electrons. The smallest absolute Gasteiger partial charge is 0.161 e. The molecule has 0 spiro atoms. The van der Waals surface area contributed by atoms with E-state index in [0.29, 0.717) is 18.3 Å². The lowest BCUT2D eigenvalue weighted by atomic mass is 9.67. The van der Waals surface area contributed by atoms with Gasteiger partial charge in [0.15, 0.2) is 5.78 Å². The molecule has 0 saturated heterocycles. The van der Waals surface area contributed by atoms with E-state index in [4.69, 9.17) is 4.74 Å². The molecule has 2 rings (SSSR count). The van der Waals surface area contributed by atoms with Crippen LogP contribution in [0.3, 0.4) is 0 Å². The highest BCUT2D eigenvalue weighted by atomic mass is 16.5. The lowest BCUT2D eigenvalue weighted by Gasteiger charge is -2.38. The molecule has 0 aromatic carbocycles. The van der Waals surface area contributed by atoms with Crippen molar-refractivity contribution in [2.45, 2.75) is 58.3 Å². The van der Waals surface area contributed by atoms with E-state index in [1.807, 2.05) is 0 Å². The predicted octanol–water partition coefficient (Wildman–Crippen LogP) is 3.59. The molecule has 0 amide bonds. The van der Waals surface area contributed by atoms with Crippen LogP contribution in [0.5, 0.6) is 0 Å². The van der Waals surface area contributed by atoms with Gasteiger partial charge in [0.1, 0.15) is 6.61 Å². The Morgan fingerprint density at radius 3 is 2.65 bits per heavy atom. The largest absolute Gasteiger partial charge is 0.374 e. The molecule has 2 aliphatic rings. The topological polar surface area (TPSA) is 26.3 Å². The number of hydrogen-bond acceptors (Lipinski definition) is 2. The summed E-state index contributed by atoms with van der Waals surface area (Å²) in [7, 11) is 0. The number of ketones is 1. The van der Waals surface area contributed by atoms with Gasteiger partial charge in [0.2, 0.25) is 0 Å². The average molecular weight is 238 g/mol. The van der Waals surface area contributed by atoms with Crippen molar-refractivity contribution in [3.05, 3.63) is 0 Å². The minimum Gasteiger partial charge on any atom is -0.374 e. The van der Waals surface area contributed by atoms with E-state index in [-0.39, 0.29) is 0 Å². The second kappa shape index (κ2) is 6.53. The zero-order valence-electron chi connectivity index (χ0n) is 11.1. The molecule has 0 aromatic rings. The summed E-state index contributed by atoms with van der Waals surface area (Å²) in [6, 6.07) is 0. The van der Waals surface area contributed by atoms with E-state index in [1.54, 1.807) is 0 Å². The molecule has 0 bridgehead atoms. The standard InChI is InChI=1S/C15H26O2/c1-2-9-17-11-15(16)14-8-7-12-5-3-4-6-13(12)10-14/h12-14H,2-11H2,1H3. The Bertz CT molecular complexity index is 249. The molecule has 2 heteroatoms. The van der Waals surface area contributed by atoms with E-state index in [2.05, 4.69) is 6.92 Å². The highest BCUT2D eigenvalue weighted by Gasteiger charge is 2.34. The molecular formula is C15H26O2. The number of fused-ring (bicyclic) bond motifs is 1. The van der Waals surface area contributed by atoms with Gasteiger partial charge in [0.25, 0.3) is 0 Å². The highest BCUT2D eigenvalue weighted by molar-refractivity contribution is 5.82. The minimum absolute atomic E-state index is 0.311. The van der Waals surface area contributed by atoms with Crippen LogP contribution in [0, 0.1) is 17.8 Å². The van der Waals surface area contributed by atoms with Gasteiger partial charge in [0, 0.05) is 12.5 Å². The summed E-state index contributed by atoms with van der Waals surface area (Å²) in [5.41, 5.74) is 0. The number of carbonyl (C=O) groups is 1. The first-order valence-electron chi connectivity index (χ1n) is 7.41. The van der Waals surface area contributed by atoms with Crippen molar-refractivity contribution < 1.29 is 9.53 Å². The molecule has 0 heterocycles. The summed E-state index contributed by atoms with van der Waals surface area (Å²) < 4.78 is 5.38. The molecule has 2 saturated carbocycles. The first-order valence-corrected chi connectivity index (χ1v) is 7.41. The number of Topliss-reactive ketones (excluding diaryl/α,β-unsaturated/α-hetero) is 1. The van der Waals surface area contributed by atoms with Crippen LogP contribution in [0.4, 0.5) is 0 Å². The first-order chi connectivity index (χ1) is 8.31. The van der Waals surface area contributed by atoms with Crippen LogP contribution in [0.1, 0.15) is 58.3 Å². The fourth-order valence-corrected chi connectivity index (χ4v) is 3.60. The molecule has 98 valence electrons. The van der Waals surface area contributed by atoms with Gasteiger partial charge in [-0.25, -0.2) is 0 Å². The lowest BCUT2D eigenvalue weighted by molar-refractivity contribution is -0.129. The summed E-state index contributed by atoms with van der Waals surface area (Å²) in [5.74, 6) is 2.45. The Labute approximate surface area is 105 Å². The van der Waals surface area contributed by atoms with Crippen LogP contribution in [0.15, 0.2) is 0 Å². The lowest BCUT2D eigenvalue weighted by Crippen LogP contribution is -2.32. The predicted molar refractivity (Wildman–Crippen MR) is 68.9 cm³/mol. The Hall–Kier alpha value is -0.370. The van der Waals surface area contributed by atoms with Crippen LogP contribution >= 0.6 is 0 Å². The third-order valence-corrected chi connectivity index (χ3v) is 4.59. The molecule has 3 atom stereocenters. The van der Waals surface area contributed by atoms with Crippen LogP contribution in [-0.2, 0) is 9.53 Å². The van der Waals surface area contributed by atoms with Gasteiger partial charge in [-0.1, -0.05) is 32.6 Å². The number of rotatable bonds is 5. The number of ether oxygens (including phenoxy) is 1. The second-order valence-electron chi connectivity index (χ2n) is 5.83. The first kappa shape index (κ1) is 13.1. The molecular weight excluding hydrogens is 212 g/mol. The quantitative estimate of drug-likeness (QED) is 0.684. The Morgan fingerprint density at radius 1 is 1.12 bits per heavy atom. The summed E-state index contributed by atoms with van der Waals surface area (Å²) in [6.45, 7) is 3.16. The minimum atomic E-state index is 0.311. The van der Waals surface area contributed by atoms with Crippen molar-refractivity contribution in [1.29, 1.82) is 0 Å². The monoisotopic (exact) mass is 238 g/mol. The molecule has 2 fully saturated rings. The van der Waals surface area contributed by atoms with Crippen LogP contribution < -0.4 is 0 Å². The number of hydrogen-bond donors (Lipinski definition) is 0. The highest BCUT2D eigenvalue weighted by Crippen LogP contribution is 2.42. The van der Waals surface area contributed by atoms with Crippen LogP contribution in [-0.4, -0.2) is 19.0 Å². The maximum atomic E-state index is 12.0. The van der Waals surface area contributed by atoms with Crippen LogP contribution in [0.2, 0.25) is 0 Å². The van der Waals surface area contributed by atoms with Gasteiger partial charge >= 0.3 is 0 Å². The van der Waals surface area contributed by atoms with Crippen molar-refractivity contribution in [2.24, 2.45) is 17.8 Å². The summed E-state index contributed by atoms with van der Waals surface area (Å²) in [6.07, 6.45) is 10.1. The van der Waals surface area contributed by atoms with Crippen molar-refractivity contribution in [3.63, 3.8) is 0 Å². The van der Waals surface area contributed by atoms with Gasteiger partial charge in [-0.3, -0.25) is 4.79 Å². The maximum Gasteiger partial charge on any atom is 0.161 e. The Balaban J connectivity index is 1.76. The SMILES string of the molecule is CCCOCC(=O)C1CCC2CCCCC2C1. The van der Waals surface area contributed by atoms with E-state index < -0.39 is 0 Å². The third-order valence-electron chi connectivity index (χ3n) is 4.59. The Kier molecular flexibility index (Phi) is 5.02. The number of carbonyl (C=O) groups excluding carboxylic acids is 1. The fourth-order valence-electron chi connectivity index (χ4n) is 3.60. The van der Waals surface area contributed by atoms with E-state index in [9.17, 15) is 4.79 Å². The van der Waals surface area contributed by atoms with Crippen LogP contribution in [0.25, 0.3) is 0 Å². The molecule has 0 aromatic heterocycles. The molecule has 17 heavy (non-hydrogen) atoms. The van der Waals surface area contributed by atoms with E-state index in [1.165, 1.54) is 32.1 Å². The summed E-state index contributed by atoms with van der Waals surface area (Å²) in [4.78, 5) is 12.0. The second-order valence-corrected chi connectivity index (χ2v) is 5.83. The summed E-state index contributed by atoms with van der Waals surface area (Å²) in [5, 5.41) is 0. The zero-order valence-corrected chi connectivity index (χ0v) is 11.1. The summed E-state index contributed by atoms with van der Waals surface area (Å²) >= 11 is 0. The molecule has 0 aliphatic heterocycles. The van der Waals surface area contributed by atoms with E-state index in [0.717, 1.165) is 37.7 Å². The van der Waals surface area contributed by atoms with Crippen molar-refractivity contribution >= 4 is 5.78 Å². The third kappa shape index (κ3) is 3.54. The zero-order chi connectivity index (χ0) is 12.1. The van der Waals surface area contributed by atoms with Gasteiger partial charge in [-0.2, -0.15) is 0 Å². The fraction of sp³-hybridized carbons (Fsp3) is 0.933. The van der Waals surface area contributed by atoms with Gasteiger partial charge in [0.05, 0.1) is 0 Å².